The van der Waals surface area contributed by atoms with Crippen molar-refractivity contribution in [2.24, 2.45) is 0 Å². The van der Waals surface area contributed by atoms with Gasteiger partial charge in [-0.3, -0.25) is 0 Å². The molecule has 0 saturated heterocycles. The van der Waals surface area contributed by atoms with Crippen molar-refractivity contribution in [2.75, 3.05) is 0 Å². The Morgan fingerprint density at radius 3 is 1.72 bits per heavy atom. The van der Waals surface area contributed by atoms with Gasteiger partial charge in [0, 0.05) is 27.3 Å². The standard InChI is InChI=1S/C42H26O/c1-2-12-27(13-3-1)29-15-10-16-30(26-29)39-32-18-6-8-20-34(32)40(35-21-9-7-19-33(35)39)38-23-11-22-36-37-25-24-28-14-4-5-17-31(28)41(37)43-42(36)38/h1-26H/i1D,2D,3D,10D,12D,13D,15D,16D,26D. The van der Waals surface area contributed by atoms with E-state index in [0.717, 1.165) is 54.6 Å². The number of hydrogen-bond donors (Lipinski definition) is 0. The Balaban J connectivity index is 1.42. The summed E-state index contributed by atoms with van der Waals surface area (Å²) in [7, 11) is 0. The van der Waals surface area contributed by atoms with Gasteiger partial charge in [0.1, 0.15) is 11.2 Å². The summed E-state index contributed by atoms with van der Waals surface area (Å²) in [6.45, 7) is 0. The summed E-state index contributed by atoms with van der Waals surface area (Å²) < 4.78 is 85.1. The van der Waals surface area contributed by atoms with Crippen LogP contribution >= 0.6 is 0 Å². The monoisotopic (exact) mass is 555 g/mol. The largest absolute Gasteiger partial charge is 0.455 e. The maximum Gasteiger partial charge on any atom is 0.143 e. The number of furan rings is 1. The molecule has 200 valence electrons. The van der Waals surface area contributed by atoms with Gasteiger partial charge in [0.05, 0.1) is 12.3 Å². The van der Waals surface area contributed by atoms with E-state index in [9.17, 15) is 1.37 Å². The second-order valence-corrected chi connectivity index (χ2v) is 10.5. The molecule has 1 heteroatoms. The molecule has 0 atom stereocenters. The van der Waals surface area contributed by atoms with Crippen LogP contribution in [0.5, 0.6) is 0 Å². The molecule has 0 aliphatic rings. The fourth-order valence-corrected chi connectivity index (χ4v) is 6.38. The van der Waals surface area contributed by atoms with Gasteiger partial charge in [-0.05, 0) is 61.3 Å². The van der Waals surface area contributed by atoms with Gasteiger partial charge in [-0.25, -0.2) is 0 Å². The highest BCUT2D eigenvalue weighted by Gasteiger charge is 2.20. The average molecular weight is 556 g/mol. The first-order valence-corrected chi connectivity index (χ1v) is 14.0. The van der Waals surface area contributed by atoms with Crippen molar-refractivity contribution in [2.45, 2.75) is 0 Å². The second kappa shape index (κ2) is 9.44. The van der Waals surface area contributed by atoms with Crippen molar-refractivity contribution in [1.29, 1.82) is 0 Å². The van der Waals surface area contributed by atoms with Gasteiger partial charge in [0.2, 0.25) is 0 Å². The van der Waals surface area contributed by atoms with Crippen LogP contribution in [0.4, 0.5) is 0 Å². The first-order valence-electron chi connectivity index (χ1n) is 18.5. The molecule has 0 spiro atoms. The van der Waals surface area contributed by atoms with Crippen LogP contribution in [0.25, 0.3) is 87.6 Å². The van der Waals surface area contributed by atoms with Crippen molar-refractivity contribution in [3.63, 3.8) is 0 Å². The van der Waals surface area contributed by atoms with E-state index in [-0.39, 0.29) is 28.8 Å². The zero-order valence-electron chi connectivity index (χ0n) is 31.7. The molecule has 1 heterocycles. The lowest BCUT2D eigenvalue weighted by atomic mass is 9.85. The van der Waals surface area contributed by atoms with E-state index in [2.05, 4.69) is 30.3 Å². The summed E-state index contributed by atoms with van der Waals surface area (Å²) in [6, 6.07) is 28.9. The lowest BCUT2D eigenvalue weighted by Gasteiger charge is -2.18. The number of hydrogen-bond acceptors (Lipinski definition) is 1. The molecule has 0 unspecified atom stereocenters. The molecule has 0 fully saturated rings. The molecule has 0 aliphatic carbocycles. The van der Waals surface area contributed by atoms with Crippen molar-refractivity contribution in [3.05, 3.63) is 158 Å². The van der Waals surface area contributed by atoms with E-state index in [1.54, 1.807) is 0 Å². The van der Waals surface area contributed by atoms with Gasteiger partial charge >= 0.3 is 0 Å². The predicted octanol–water partition coefficient (Wildman–Crippen LogP) is 12.0. The Bertz CT molecular complexity index is 2930. The van der Waals surface area contributed by atoms with Crippen LogP contribution in [0.3, 0.4) is 0 Å². The Morgan fingerprint density at radius 1 is 0.395 bits per heavy atom. The molecule has 1 aromatic heterocycles. The second-order valence-electron chi connectivity index (χ2n) is 10.5. The molecule has 0 aliphatic heterocycles. The Kier molecular flexibility index (Phi) is 3.67. The van der Waals surface area contributed by atoms with E-state index in [1.807, 2.05) is 72.8 Å². The summed E-state index contributed by atoms with van der Waals surface area (Å²) in [6.07, 6.45) is 0. The Hall–Kier alpha value is -5.66. The quantitative estimate of drug-likeness (QED) is 0.198. The van der Waals surface area contributed by atoms with Crippen LogP contribution in [-0.4, -0.2) is 0 Å². The molecule has 9 rings (SSSR count). The minimum atomic E-state index is -0.606. The van der Waals surface area contributed by atoms with Crippen LogP contribution < -0.4 is 0 Å². The molecule has 43 heavy (non-hydrogen) atoms. The van der Waals surface area contributed by atoms with Crippen molar-refractivity contribution in [3.8, 4) is 33.4 Å². The molecule has 0 amide bonds. The SMILES string of the molecule is [2H]c1c([2H])c([2H])c(-c2c([2H])c([2H])c([2H])c(-c3c4ccccc4c(-c4cccc5c4oc4c6ccccc6ccc54)c4ccccc34)c2[2H])c([2H])c1[2H]. The molecule has 8 aromatic carbocycles. The summed E-state index contributed by atoms with van der Waals surface area (Å²) in [4.78, 5) is 0. The van der Waals surface area contributed by atoms with Gasteiger partial charge < -0.3 is 4.42 Å². The lowest BCUT2D eigenvalue weighted by Crippen LogP contribution is -1.91. The fraction of sp³-hybridized carbons (Fsp3) is 0. The maximum atomic E-state index is 9.52. The minimum Gasteiger partial charge on any atom is -0.455 e. The average Bonchev–Trinajstić information content (AvgIpc) is 3.56. The first-order chi connectivity index (χ1) is 25.1. The van der Waals surface area contributed by atoms with Crippen LogP contribution in [0.2, 0.25) is 0 Å². The first kappa shape index (κ1) is 16.7. The van der Waals surface area contributed by atoms with Crippen molar-refractivity contribution < 1.29 is 16.8 Å². The van der Waals surface area contributed by atoms with Gasteiger partial charge in [-0.1, -0.05) is 145 Å². The van der Waals surface area contributed by atoms with Crippen LogP contribution in [0, 0.1) is 0 Å². The van der Waals surface area contributed by atoms with Crippen molar-refractivity contribution >= 4 is 54.3 Å². The third kappa shape index (κ3) is 3.65. The third-order valence-corrected chi connectivity index (χ3v) is 8.21. The third-order valence-electron chi connectivity index (χ3n) is 8.21. The minimum absolute atomic E-state index is 0.0372. The molecule has 0 bridgehead atoms. The summed E-state index contributed by atoms with van der Waals surface area (Å²) in [5, 5.41) is 7.02. The number of para-hydroxylation sites is 1. The van der Waals surface area contributed by atoms with E-state index in [1.165, 1.54) is 0 Å². The smallest absolute Gasteiger partial charge is 0.143 e. The number of rotatable bonds is 3. The van der Waals surface area contributed by atoms with Gasteiger partial charge in [-0.15, -0.1) is 0 Å². The molecule has 0 radical (unpaired) electrons. The van der Waals surface area contributed by atoms with E-state index in [4.69, 9.17) is 15.4 Å². The molecule has 9 aromatic rings. The van der Waals surface area contributed by atoms with Crippen LogP contribution in [-0.2, 0) is 0 Å². The van der Waals surface area contributed by atoms with Gasteiger partial charge in [0.25, 0.3) is 0 Å². The van der Waals surface area contributed by atoms with Crippen LogP contribution in [0.1, 0.15) is 12.3 Å². The fourth-order valence-electron chi connectivity index (χ4n) is 6.38. The zero-order valence-corrected chi connectivity index (χ0v) is 22.7. The van der Waals surface area contributed by atoms with E-state index < -0.39 is 42.3 Å². The summed E-state index contributed by atoms with van der Waals surface area (Å²) in [5.74, 6) is 0. The normalized spacial score (nSPS) is 14.7. The summed E-state index contributed by atoms with van der Waals surface area (Å²) >= 11 is 0. The topological polar surface area (TPSA) is 13.1 Å². The zero-order chi connectivity index (χ0) is 36.2. The van der Waals surface area contributed by atoms with Gasteiger partial charge in [-0.2, -0.15) is 0 Å². The lowest BCUT2D eigenvalue weighted by molar-refractivity contribution is 0.674. The molecule has 0 saturated carbocycles. The van der Waals surface area contributed by atoms with E-state index >= 15 is 0 Å². The van der Waals surface area contributed by atoms with Gasteiger partial charge in [0.15, 0.2) is 0 Å². The Morgan fingerprint density at radius 2 is 0.977 bits per heavy atom. The molecule has 0 N–H and O–H groups in total. The van der Waals surface area contributed by atoms with Crippen molar-refractivity contribution in [1.82, 2.24) is 0 Å². The highest BCUT2D eigenvalue weighted by atomic mass is 16.3. The highest BCUT2D eigenvalue weighted by molar-refractivity contribution is 6.25. The predicted molar refractivity (Wildman–Crippen MR) is 183 cm³/mol. The number of fused-ring (bicyclic) bond motifs is 7. The van der Waals surface area contributed by atoms with E-state index in [0.29, 0.717) is 16.3 Å². The molecular weight excluding hydrogens is 520 g/mol. The summed E-state index contributed by atoms with van der Waals surface area (Å²) in [5.41, 5.74) is 3.14. The Labute approximate surface area is 261 Å². The number of benzene rings is 8. The highest BCUT2D eigenvalue weighted by Crippen LogP contribution is 2.47. The van der Waals surface area contributed by atoms with Crippen LogP contribution in [0.15, 0.2) is 162 Å². The molecule has 1 nitrogen and oxygen atoms in total. The molecular formula is C42H26O. The maximum absolute atomic E-state index is 9.52.